The Balaban J connectivity index is 1.71. The van der Waals surface area contributed by atoms with Gasteiger partial charge in [0.1, 0.15) is 34.2 Å². The van der Waals surface area contributed by atoms with Crippen molar-refractivity contribution in [2.75, 3.05) is 41.3 Å². The Labute approximate surface area is 224 Å². The first-order valence-corrected chi connectivity index (χ1v) is 12.7. The minimum Gasteiger partial charge on any atom is -0.510 e. The number of carbonyl (C=O) groups excluding carboxylic acids is 3. The predicted octanol–water partition coefficient (Wildman–Crippen LogP) is -0.348. The maximum atomic E-state index is 13.8. The molecule has 3 aliphatic carbocycles. The quantitative estimate of drug-likeness (QED) is 0.272. The summed E-state index contributed by atoms with van der Waals surface area (Å²) in [5.74, 6) is -6.98. The maximum Gasteiger partial charge on any atom is 0.255 e. The third-order valence-electron chi connectivity index (χ3n) is 8.82. The van der Waals surface area contributed by atoms with E-state index >= 15 is 0 Å². The number of primary amides is 1. The molecule has 1 heterocycles. The number of nitrogens with zero attached hydrogens (tertiary/aromatic N) is 2. The van der Waals surface area contributed by atoms with Gasteiger partial charge in [0.2, 0.25) is 5.78 Å². The SMILES string of the molecule is COc1c(C2(O)CCN(C)C2)cc(O)c2c1C[C@H]1C[C@H]3[C@H](N(C)C)C(O)=C(C(N)=O)C(=O)[C@@]3(O)C(O)=C1C2=O. The van der Waals surface area contributed by atoms with E-state index in [0.717, 1.165) is 0 Å². The molecule has 1 aromatic carbocycles. The fourth-order valence-electron chi connectivity index (χ4n) is 7.08. The summed E-state index contributed by atoms with van der Waals surface area (Å²) < 4.78 is 5.70. The fraction of sp³-hybridized carbons (Fsp3) is 0.519. The van der Waals surface area contributed by atoms with Crippen molar-refractivity contribution < 1.29 is 44.7 Å². The number of aliphatic hydroxyl groups is 4. The number of aromatic hydroxyl groups is 1. The highest BCUT2D eigenvalue weighted by molar-refractivity contribution is 6.24. The van der Waals surface area contributed by atoms with Gasteiger partial charge in [0.25, 0.3) is 5.91 Å². The number of methoxy groups -OCH3 is 1. The van der Waals surface area contributed by atoms with Crippen LogP contribution in [0.3, 0.4) is 0 Å². The summed E-state index contributed by atoms with van der Waals surface area (Å²) in [5, 5.41) is 56.4. The van der Waals surface area contributed by atoms with E-state index in [9.17, 15) is 39.9 Å². The first-order chi connectivity index (χ1) is 18.2. The molecule has 0 radical (unpaired) electrons. The van der Waals surface area contributed by atoms with Crippen LogP contribution in [0.2, 0.25) is 0 Å². The number of β-amino-alcohol motifs (C(OH)–C–C–N with tert-alkyl or cyclic N) is 1. The van der Waals surface area contributed by atoms with E-state index in [1.54, 1.807) is 14.1 Å². The topological polar surface area (TPSA) is 194 Å². The molecule has 1 fully saturated rings. The van der Waals surface area contributed by atoms with Crippen molar-refractivity contribution >= 4 is 17.5 Å². The van der Waals surface area contributed by atoms with Crippen LogP contribution < -0.4 is 10.5 Å². The standard InChI is InChI=1S/C27H33N3O9/c1-29(2)19-13-8-11-7-12-17(15(31)9-14(22(12)39-4)26(37)5-6-30(3)10-26)20(32)16(11)23(34)27(13,38)24(35)18(21(19)33)25(28)36/h9,11,13,19,31,33-34,37-38H,5-8,10H2,1-4H3,(H2,28,36)/t11-,13-,19-,26?,27-/m0/s1. The molecule has 1 unspecified atom stereocenters. The first-order valence-electron chi connectivity index (χ1n) is 12.7. The second-order valence-electron chi connectivity index (χ2n) is 11.3. The van der Waals surface area contributed by atoms with Gasteiger partial charge in [-0.25, -0.2) is 0 Å². The lowest BCUT2D eigenvalue weighted by molar-refractivity contribution is -0.148. The van der Waals surface area contributed by atoms with Crippen LogP contribution in [0, 0.1) is 11.8 Å². The number of carbonyl (C=O) groups is 3. The van der Waals surface area contributed by atoms with E-state index in [1.807, 2.05) is 11.9 Å². The number of Topliss-reactive ketones (excluding diaryl/α,β-unsaturated/α-hetero) is 2. The molecule has 4 aliphatic rings. The molecule has 1 aromatic rings. The lowest BCUT2D eigenvalue weighted by atomic mass is 9.58. The third-order valence-corrected chi connectivity index (χ3v) is 8.82. The van der Waals surface area contributed by atoms with E-state index < -0.39 is 69.4 Å². The number of nitrogens with two attached hydrogens (primary N) is 1. The van der Waals surface area contributed by atoms with Crippen LogP contribution in [0.4, 0.5) is 0 Å². The van der Waals surface area contributed by atoms with Crippen LogP contribution in [-0.2, 0) is 21.6 Å². The maximum absolute atomic E-state index is 13.8. The van der Waals surface area contributed by atoms with Crippen molar-refractivity contribution in [3.05, 3.63) is 45.4 Å². The zero-order chi connectivity index (χ0) is 28.8. The number of phenolic OH excluding ortho intramolecular Hbond substituents is 1. The van der Waals surface area contributed by atoms with Crippen LogP contribution in [0.1, 0.15) is 34.3 Å². The highest BCUT2D eigenvalue weighted by Crippen LogP contribution is 2.54. The largest absolute Gasteiger partial charge is 0.510 e. The Hall–Kier alpha value is -3.45. The molecule has 12 nitrogen and oxygen atoms in total. The molecule has 1 amide bonds. The van der Waals surface area contributed by atoms with Crippen LogP contribution in [0.15, 0.2) is 28.7 Å². The summed E-state index contributed by atoms with van der Waals surface area (Å²) >= 11 is 0. The zero-order valence-electron chi connectivity index (χ0n) is 22.2. The molecule has 0 saturated carbocycles. The molecule has 210 valence electrons. The Morgan fingerprint density at radius 1 is 1.21 bits per heavy atom. The number of fused-ring (bicyclic) bond motifs is 3. The summed E-state index contributed by atoms with van der Waals surface area (Å²) in [5.41, 5.74) is 0.745. The Morgan fingerprint density at radius 3 is 2.41 bits per heavy atom. The summed E-state index contributed by atoms with van der Waals surface area (Å²) in [6, 6.07) is 0.207. The van der Waals surface area contributed by atoms with Gasteiger partial charge in [-0.1, -0.05) is 0 Å². The van der Waals surface area contributed by atoms with Gasteiger partial charge in [0, 0.05) is 35.7 Å². The summed E-state index contributed by atoms with van der Waals surface area (Å²) in [6.45, 7) is 0.908. The highest BCUT2D eigenvalue weighted by atomic mass is 16.5. The fourth-order valence-corrected chi connectivity index (χ4v) is 7.08. The second kappa shape index (κ2) is 8.78. The van der Waals surface area contributed by atoms with E-state index in [2.05, 4.69) is 0 Å². The predicted molar refractivity (Wildman–Crippen MR) is 136 cm³/mol. The zero-order valence-corrected chi connectivity index (χ0v) is 22.2. The molecule has 0 aromatic heterocycles. The molecule has 0 bridgehead atoms. The number of rotatable bonds is 4. The van der Waals surface area contributed by atoms with Crippen LogP contribution in [0.25, 0.3) is 0 Å². The summed E-state index contributed by atoms with van der Waals surface area (Å²) in [6.07, 6.45) is 0.425. The number of hydrogen-bond donors (Lipinski definition) is 6. The Bertz CT molecular complexity index is 1380. The molecule has 5 atom stereocenters. The molecular formula is C27H33N3O9. The van der Waals surface area contributed by atoms with Crippen molar-refractivity contribution in [2.24, 2.45) is 17.6 Å². The number of hydrogen-bond acceptors (Lipinski definition) is 11. The number of ether oxygens (including phenoxy) is 1. The van der Waals surface area contributed by atoms with E-state index in [1.165, 1.54) is 18.1 Å². The smallest absolute Gasteiger partial charge is 0.255 e. The van der Waals surface area contributed by atoms with E-state index in [-0.39, 0.29) is 29.7 Å². The normalized spacial score (nSPS) is 32.8. The molecule has 12 heteroatoms. The molecule has 5 rings (SSSR count). The molecule has 7 N–H and O–H groups in total. The van der Waals surface area contributed by atoms with Crippen molar-refractivity contribution in [1.82, 2.24) is 9.80 Å². The van der Waals surface area contributed by atoms with Crippen molar-refractivity contribution in [2.45, 2.75) is 36.5 Å². The molecular weight excluding hydrogens is 510 g/mol. The number of phenols is 1. The van der Waals surface area contributed by atoms with E-state index in [4.69, 9.17) is 10.5 Å². The molecule has 1 aliphatic heterocycles. The van der Waals surface area contributed by atoms with Crippen LogP contribution in [-0.4, -0.2) is 106 Å². The lowest BCUT2D eigenvalue weighted by Crippen LogP contribution is -2.63. The number of likely N-dealkylation sites (N-methyl/N-ethyl adjacent to an activating group) is 2. The van der Waals surface area contributed by atoms with Gasteiger partial charge in [-0.15, -0.1) is 0 Å². The number of likely N-dealkylation sites (tertiary alicyclic amines) is 1. The van der Waals surface area contributed by atoms with Gasteiger partial charge in [-0.2, -0.15) is 0 Å². The highest BCUT2D eigenvalue weighted by Gasteiger charge is 2.63. The summed E-state index contributed by atoms with van der Waals surface area (Å²) in [7, 11) is 6.40. The van der Waals surface area contributed by atoms with E-state index in [0.29, 0.717) is 30.6 Å². The van der Waals surface area contributed by atoms with Gasteiger partial charge in [0.15, 0.2) is 11.4 Å². The average Bonchev–Trinajstić information content (AvgIpc) is 3.20. The number of benzene rings is 1. The second-order valence-corrected chi connectivity index (χ2v) is 11.3. The van der Waals surface area contributed by atoms with Gasteiger partial charge in [-0.05, 0) is 52.4 Å². The third kappa shape index (κ3) is 3.55. The van der Waals surface area contributed by atoms with Crippen LogP contribution >= 0.6 is 0 Å². The monoisotopic (exact) mass is 543 g/mol. The summed E-state index contributed by atoms with van der Waals surface area (Å²) in [4.78, 5) is 42.7. The molecule has 1 saturated heterocycles. The Morgan fingerprint density at radius 2 is 1.87 bits per heavy atom. The number of aliphatic hydroxyl groups excluding tert-OH is 2. The number of amides is 1. The van der Waals surface area contributed by atoms with Crippen molar-refractivity contribution in [3.8, 4) is 11.5 Å². The van der Waals surface area contributed by atoms with Gasteiger partial charge < -0.3 is 40.9 Å². The van der Waals surface area contributed by atoms with Gasteiger partial charge >= 0.3 is 0 Å². The minimum atomic E-state index is -2.70. The lowest BCUT2D eigenvalue weighted by Gasteiger charge is -2.50. The van der Waals surface area contributed by atoms with Crippen molar-refractivity contribution in [1.29, 1.82) is 0 Å². The van der Waals surface area contributed by atoms with Gasteiger partial charge in [-0.3, -0.25) is 19.3 Å². The van der Waals surface area contributed by atoms with Crippen LogP contribution in [0.5, 0.6) is 11.5 Å². The number of ketones is 2. The molecule has 0 spiro atoms. The Kier molecular flexibility index (Phi) is 6.11. The minimum absolute atomic E-state index is 0.0348. The average molecular weight is 544 g/mol. The van der Waals surface area contributed by atoms with Crippen molar-refractivity contribution in [3.63, 3.8) is 0 Å². The molecule has 39 heavy (non-hydrogen) atoms. The number of allylic oxidation sites excluding steroid dienone is 1. The first kappa shape index (κ1) is 27.1. The van der Waals surface area contributed by atoms with Gasteiger partial charge in [0.05, 0.1) is 18.7 Å².